The van der Waals surface area contributed by atoms with Crippen LogP contribution in [0.4, 0.5) is 0 Å². The number of likely N-dealkylation sites (tertiary alicyclic amines) is 1. The molecule has 0 saturated carbocycles. The number of hydrogen-bond donors (Lipinski definition) is 1. The average molecular weight is 415 g/mol. The Morgan fingerprint density at radius 2 is 1.77 bits per heavy atom. The Bertz CT molecular complexity index is 816. The minimum Gasteiger partial charge on any atom is -0.497 e. The van der Waals surface area contributed by atoms with Crippen LogP contribution in [-0.2, 0) is 22.5 Å². The summed E-state index contributed by atoms with van der Waals surface area (Å²) < 4.78 is 15.5. The molecule has 0 radical (unpaired) electrons. The molecule has 2 aromatic rings. The monoisotopic (exact) mass is 415 g/mol. The van der Waals surface area contributed by atoms with Crippen molar-refractivity contribution in [2.75, 3.05) is 34.4 Å². The topological polar surface area (TPSA) is 85.3 Å². The van der Waals surface area contributed by atoms with Gasteiger partial charge in [0, 0.05) is 19.2 Å². The molecule has 1 saturated heterocycles. The Morgan fingerprint density at radius 1 is 1.10 bits per heavy atom. The third-order valence-electron chi connectivity index (χ3n) is 5.06. The number of hydrogen-bond acceptors (Lipinski definition) is 6. The molecule has 30 heavy (non-hydrogen) atoms. The van der Waals surface area contributed by atoms with Gasteiger partial charge in [0.1, 0.15) is 11.5 Å². The lowest BCUT2D eigenvalue weighted by Gasteiger charge is -2.17. The second kappa shape index (κ2) is 11.8. The van der Waals surface area contributed by atoms with Gasteiger partial charge in [-0.1, -0.05) is 12.1 Å². The maximum atomic E-state index is 11.7. The van der Waals surface area contributed by atoms with Crippen molar-refractivity contribution in [1.82, 2.24) is 4.90 Å². The van der Waals surface area contributed by atoms with Crippen LogP contribution in [0.5, 0.6) is 11.5 Å². The molecular weight excluding hydrogens is 386 g/mol. The number of benzene rings is 2. The number of carbonyl (C=O) groups excluding carboxylic acids is 1. The molecule has 1 fully saturated rings. The summed E-state index contributed by atoms with van der Waals surface area (Å²) in [4.78, 5) is 22.5. The van der Waals surface area contributed by atoms with Crippen LogP contribution in [-0.4, -0.2) is 56.9 Å². The zero-order valence-electron chi connectivity index (χ0n) is 17.7. The Morgan fingerprint density at radius 3 is 2.37 bits per heavy atom. The summed E-state index contributed by atoms with van der Waals surface area (Å²) in [5.74, 6) is 1.95. The van der Waals surface area contributed by atoms with Crippen LogP contribution in [0.25, 0.3) is 0 Å². The Hall–Kier alpha value is -3.06. The highest BCUT2D eigenvalue weighted by Crippen LogP contribution is 2.27. The first-order valence-electron chi connectivity index (χ1n) is 9.72. The smallest absolute Gasteiger partial charge is 0.337 e. The molecule has 7 heteroatoms. The molecule has 1 heterocycles. The van der Waals surface area contributed by atoms with Crippen molar-refractivity contribution in [3.63, 3.8) is 0 Å². The maximum absolute atomic E-state index is 11.7. The van der Waals surface area contributed by atoms with Gasteiger partial charge < -0.3 is 19.3 Å². The number of carbonyl (C=O) groups is 2. The minimum absolute atomic E-state index is 0.250. The Balaban J connectivity index is 0.00000101. The number of methoxy groups -OCH3 is 3. The van der Waals surface area contributed by atoms with Crippen molar-refractivity contribution in [3.8, 4) is 11.5 Å². The van der Waals surface area contributed by atoms with E-state index in [0.717, 1.165) is 44.0 Å². The van der Waals surface area contributed by atoms with E-state index >= 15 is 0 Å². The van der Waals surface area contributed by atoms with Crippen molar-refractivity contribution < 1.29 is 28.9 Å². The molecule has 0 bridgehead atoms. The summed E-state index contributed by atoms with van der Waals surface area (Å²) >= 11 is 0. The van der Waals surface area contributed by atoms with E-state index in [1.165, 1.54) is 18.2 Å². The predicted molar refractivity (Wildman–Crippen MR) is 113 cm³/mol. The molecule has 7 nitrogen and oxygen atoms in total. The van der Waals surface area contributed by atoms with Crippen LogP contribution < -0.4 is 9.47 Å². The Labute approximate surface area is 177 Å². The van der Waals surface area contributed by atoms with E-state index < -0.39 is 0 Å². The number of ether oxygens (including phenoxy) is 3. The molecule has 1 atom stereocenters. The second-order valence-corrected chi connectivity index (χ2v) is 7.11. The summed E-state index contributed by atoms with van der Waals surface area (Å²) in [6.07, 6.45) is 2.13. The van der Waals surface area contributed by atoms with Gasteiger partial charge in [-0.2, -0.15) is 0 Å². The van der Waals surface area contributed by atoms with E-state index in [1.54, 1.807) is 20.3 Å². The van der Waals surface area contributed by atoms with Crippen molar-refractivity contribution in [2.45, 2.75) is 19.4 Å². The summed E-state index contributed by atoms with van der Waals surface area (Å²) in [6.45, 7) is 2.75. The van der Waals surface area contributed by atoms with Gasteiger partial charge in [0.15, 0.2) is 0 Å². The van der Waals surface area contributed by atoms with Crippen LogP contribution in [0, 0.1) is 5.92 Å². The third-order valence-corrected chi connectivity index (χ3v) is 5.06. The highest BCUT2D eigenvalue weighted by atomic mass is 16.5. The number of esters is 1. The average Bonchev–Trinajstić information content (AvgIpc) is 3.20. The van der Waals surface area contributed by atoms with Gasteiger partial charge in [0.05, 0.1) is 26.9 Å². The summed E-state index contributed by atoms with van der Waals surface area (Å²) in [5, 5.41) is 6.89. The van der Waals surface area contributed by atoms with Crippen molar-refractivity contribution in [1.29, 1.82) is 0 Å². The highest BCUT2D eigenvalue weighted by molar-refractivity contribution is 5.89. The predicted octanol–water partition coefficient (Wildman–Crippen LogP) is 3.26. The first kappa shape index (κ1) is 23.2. The van der Waals surface area contributed by atoms with Crippen LogP contribution >= 0.6 is 0 Å². The lowest BCUT2D eigenvalue weighted by Crippen LogP contribution is -2.20. The quantitative estimate of drug-likeness (QED) is 0.549. The first-order chi connectivity index (χ1) is 14.5. The van der Waals surface area contributed by atoms with E-state index in [9.17, 15) is 4.79 Å². The molecule has 0 aliphatic carbocycles. The number of carboxylic acid groups (broad SMARTS) is 1. The fraction of sp³-hybridized carbons (Fsp3) is 0.391. The largest absolute Gasteiger partial charge is 0.497 e. The highest BCUT2D eigenvalue weighted by Gasteiger charge is 2.23. The fourth-order valence-corrected chi connectivity index (χ4v) is 3.72. The molecule has 3 rings (SSSR count). The lowest BCUT2D eigenvalue weighted by molar-refractivity contribution is -0.122. The summed E-state index contributed by atoms with van der Waals surface area (Å²) in [7, 11) is 4.76. The lowest BCUT2D eigenvalue weighted by atomic mass is 9.97. The van der Waals surface area contributed by atoms with Crippen LogP contribution in [0.15, 0.2) is 42.5 Å². The molecule has 1 aliphatic rings. The van der Waals surface area contributed by atoms with Gasteiger partial charge in [-0.05, 0) is 60.7 Å². The molecule has 1 unspecified atom stereocenters. The van der Waals surface area contributed by atoms with Gasteiger partial charge in [-0.25, -0.2) is 4.79 Å². The fourth-order valence-electron chi connectivity index (χ4n) is 3.72. The van der Waals surface area contributed by atoms with Crippen LogP contribution in [0.2, 0.25) is 0 Å². The molecule has 2 aromatic carbocycles. The van der Waals surface area contributed by atoms with Crippen molar-refractivity contribution in [3.05, 3.63) is 59.2 Å². The normalized spacial score (nSPS) is 15.6. The number of rotatable bonds is 7. The van der Waals surface area contributed by atoms with Crippen LogP contribution in [0.3, 0.4) is 0 Å². The van der Waals surface area contributed by atoms with Crippen molar-refractivity contribution >= 4 is 12.4 Å². The summed E-state index contributed by atoms with van der Waals surface area (Å²) in [6, 6.07) is 13.8. The van der Waals surface area contributed by atoms with Gasteiger partial charge in [0.25, 0.3) is 6.47 Å². The van der Waals surface area contributed by atoms with E-state index in [2.05, 4.69) is 23.1 Å². The van der Waals surface area contributed by atoms with E-state index in [0.29, 0.717) is 11.5 Å². The molecule has 1 aliphatic heterocycles. The van der Waals surface area contributed by atoms with Gasteiger partial charge in [-0.15, -0.1) is 0 Å². The van der Waals surface area contributed by atoms with Gasteiger partial charge >= 0.3 is 5.97 Å². The van der Waals surface area contributed by atoms with Crippen LogP contribution in [0.1, 0.15) is 27.9 Å². The molecule has 1 N–H and O–H groups in total. The zero-order chi connectivity index (χ0) is 21.9. The first-order valence-corrected chi connectivity index (χ1v) is 9.72. The standard InChI is InChI=1S/C22H27NO4.CH2O2/c1-25-20-11-18(12-21(13-20)26-2)15-23-8-7-17(14-23)9-16-5-4-6-19(10-16)22(24)27-3;2-1-3/h4-6,10-13,17H,7-9,14-15H2,1-3H3;1H,(H,2,3). The molecule has 0 spiro atoms. The van der Waals surface area contributed by atoms with Gasteiger partial charge in [0.2, 0.25) is 0 Å². The third kappa shape index (κ3) is 6.77. The molecule has 162 valence electrons. The molecule has 0 amide bonds. The van der Waals surface area contributed by atoms with E-state index in [4.69, 9.17) is 24.1 Å². The SMILES string of the molecule is COC(=O)c1cccc(CC2CCN(Cc3cc(OC)cc(OC)c3)C2)c1.O=CO. The van der Waals surface area contributed by atoms with E-state index in [1.807, 2.05) is 18.2 Å². The summed E-state index contributed by atoms with van der Waals surface area (Å²) in [5.41, 5.74) is 3.00. The Kier molecular flexibility index (Phi) is 9.15. The second-order valence-electron chi connectivity index (χ2n) is 7.11. The zero-order valence-corrected chi connectivity index (χ0v) is 17.7. The molecular formula is C23H29NO6. The minimum atomic E-state index is -0.281. The van der Waals surface area contributed by atoms with E-state index in [-0.39, 0.29) is 12.4 Å². The number of nitrogens with zero attached hydrogens (tertiary/aromatic N) is 1. The maximum Gasteiger partial charge on any atom is 0.337 e. The van der Waals surface area contributed by atoms with Gasteiger partial charge in [-0.3, -0.25) is 9.69 Å². The van der Waals surface area contributed by atoms with Crippen molar-refractivity contribution in [2.24, 2.45) is 5.92 Å². The molecule has 0 aromatic heterocycles.